The van der Waals surface area contributed by atoms with Crippen molar-refractivity contribution in [3.63, 3.8) is 0 Å². The summed E-state index contributed by atoms with van der Waals surface area (Å²) in [6, 6.07) is 11.7. The molecule has 0 radical (unpaired) electrons. The molecule has 1 aromatic carbocycles. The predicted molar refractivity (Wildman–Crippen MR) is 70.9 cm³/mol. The molecule has 2 aliphatic heterocycles. The Bertz CT molecular complexity index is 349. The first-order chi connectivity index (χ1) is 8.42. The van der Waals surface area contributed by atoms with Crippen LogP contribution >= 0.6 is 0 Å². The van der Waals surface area contributed by atoms with Crippen molar-refractivity contribution in [2.24, 2.45) is 0 Å². The fourth-order valence-electron chi connectivity index (χ4n) is 3.21. The van der Waals surface area contributed by atoms with Crippen molar-refractivity contribution in [1.29, 1.82) is 0 Å². The van der Waals surface area contributed by atoms with E-state index in [1.165, 1.54) is 51.0 Å². The summed E-state index contributed by atoms with van der Waals surface area (Å²) in [6.45, 7) is 6.26. The van der Waals surface area contributed by atoms with Gasteiger partial charge < -0.3 is 0 Å². The second-order valence-corrected chi connectivity index (χ2v) is 5.41. The zero-order valence-electron chi connectivity index (χ0n) is 10.5. The van der Waals surface area contributed by atoms with Gasteiger partial charge in [-0.25, -0.2) is 0 Å². The van der Waals surface area contributed by atoms with Gasteiger partial charge in [-0.05, 0) is 24.9 Å². The first-order valence-corrected chi connectivity index (χ1v) is 6.92. The lowest BCUT2D eigenvalue weighted by molar-refractivity contribution is 0.0457. The third-order valence-electron chi connectivity index (χ3n) is 4.17. The third-order valence-corrected chi connectivity index (χ3v) is 4.17. The van der Waals surface area contributed by atoms with Crippen molar-refractivity contribution in [2.75, 3.05) is 26.2 Å². The monoisotopic (exact) mass is 230 g/mol. The maximum Gasteiger partial charge on any atom is 0.0234 e. The molecule has 1 aromatic rings. The largest absolute Gasteiger partial charge is 0.298 e. The SMILES string of the molecule is c1ccc(CN2CCN3CCCC[C@@H]3C2)cc1. The van der Waals surface area contributed by atoms with Crippen LogP contribution in [0.5, 0.6) is 0 Å². The molecule has 2 nitrogen and oxygen atoms in total. The second-order valence-electron chi connectivity index (χ2n) is 5.41. The van der Waals surface area contributed by atoms with E-state index >= 15 is 0 Å². The van der Waals surface area contributed by atoms with Crippen molar-refractivity contribution in [3.05, 3.63) is 35.9 Å². The number of hydrogen-bond acceptors (Lipinski definition) is 2. The number of nitrogens with zero attached hydrogens (tertiary/aromatic N) is 2. The number of hydrogen-bond donors (Lipinski definition) is 0. The summed E-state index contributed by atoms with van der Waals surface area (Å²) in [5.41, 5.74) is 1.46. The van der Waals surface area contributed by atoms with Crippen LogP contribution in [0, 0.1) is 0 Å². The zero-order chi connectivity index (χ0) is 11.5. The van der Waals surface area contributed by atoms with Crippen LogP contribution in [0.1, 0.15) is 24.8 Å². The molecule has 0 N–H and O–H groups in total. The minimum atomic E-state index is 0.834. The molecule has 17 heavy (non-hydrogen) atoms. The van der Waals surface area contributed by atoms with E-state index in [0.29, 0.717) is 0 Å². The number of fused-ring (bicyclic) bond motifs is 1. The first kappa shape index (κ1) is 11.2. The van der Waals surface area contributed by atoms with Gasteiger partial charge in [0.1, 0.15) is 0 Å². The molecule has 0 aliphatic carbocycles. The molecule has 3 rings (SSSR count). The standard InChI is InChI=1S/C15H22N2/c1-2-6-14(7-3-1)12-16-10-11-17-9-5-4-8-15(17)13-16/h1-3,6-7,15H,4-5,8-13H2/t15-/m1/s1. The van der Waals surface area contributed by atoms with Crippen LogP contribution in [0.25, 0.3) is 0 Å². The summed E-state index contributed by atoms with van der Waals surface area (Å²) >= 11 is 0. The van der Waals surface area contributed by atoms with Crippen LogP contribution in [0.15, 0.2) is 30.3 Å². The maximum absolute atomic E-state index is 2.70. The van der Waals surface area contributed by atoms with Gasteiger partial charge in [-0.15, -0.1) is 0 Å². The van der Waals surface area contributed by atoms with Crippen molar-refractivity contribution in [1.82, 2.24) is 9.80 Å². The Labute approximate surface area is 104 Å². The minimum absolute atomic E-state index is 0.834. The summed E-state index contributed by atoms with van der Waals surface area (Å²) in [4.78, 5) is 5.33. The van der Waals surface area contributed by atoms with Gasteiger partial charge in [0, 0.05) is 32.2 Å². The summed E-state index contributed by atoms with van der Waals surface area (Å²) in [7, 11) is 0. The van der Waals surface area contributed by atoms with E-state index < -0.39 is 0 Å². The smallest absolute Gasteiger partial charge is 0.0234 e. The molecule has 92 valence electrons. The molecule has 2 saturated heterocycles. The average Bonchev–Trinajstić information content (AvgIpc) is 2.40. The summed E-state index contributed by atoms with van der Waals surface area (Å²) in [5, 5.41) is 0. The van der Waals surface area contributed by atoms with Gasteiger partial charge >= 0.3 is 0 Å². The highest BCUT2D eigenvalue weighted by Gasteiger charge is 2.28. The van der Waals surface area contributed by atoms with E-state index in [2.05, 4.69) is 40.1 Å². The minimum Gasteiger partial charge on any atom is -0.298 e. The van der Waals surface area contributed by atoms with Gasteiger partial charge in [0.25, 0.3) is 0 Å². The van der Waals surface area contributed by atoms with Gasteiger partial charge in [0.2, 0.25) is 0 Å². The molecule has 1 atom stereocenters. The highest BCUT2D eigenvalue weighted by atomic mass is 15.3. The highest BCUT2D eigenvalue weighted by molar-refractivity contribution is 5.14. The maximum atomic E-state index is 2.70. The third kappa shape index (κ3) is 2.70. The summed E-state index contributed by atoms with van der Waals surface area (Å²) in [6.07, 6.45) is 4.25. The summed E-state index contributed by atoms with van der Waals surface area (Å²) in [5.74, 6) is 0. The molecule has 0 unspecified atom stereocenters. The second kappa shape index (κ2) is 5.19. The van der Waals surface area contributed by atoms with Gasteiger partial charge in [0.05, 0.1) is 0 Å². The van der Waals surface area contributed by atoms with E-state index in [4.69, 9.17) is 0 Å². The highest BCUT2D eigenvalue weighted by Crippen LogP contribution is 2.21. The molecule has 0 spiro atoms. The van der Waals surface area contributed by atoms with Crippen LogP contribution in [0.2, 0.25) is 0 Å². The van der Waals surface area contributed by atoms with Crippen LogP contribution in [-0.2, 0) is 6.54 Å². The van der Waals surface area contributed by atoms with Gasteiger partial charge in [0.15, 0.2) is 0 Å². The Morgan fingerprint density at radius 1 is 1.00 bits per heavy atom. The fourth-order valence-corrected chi connectivity index (χ4v) is 3.21. The molecule has 2 fully saturated rings. The average molecular weight is 230 g/mol. The Morgan fingerprint density at radius 3 is 2.76 bits per heavy atom. The molecule has 2 aliphatic rings. The van der Waals surface area contributed by atoms with E-state index in [1.807, 2.05) is 0 Å². The molecule has 0 aromatic heterocycles. The van der Waals surface area contributed by atoms with Gasteiger partial charge in [-0.2, -0.15) is 0 Å². The van der Waals surface area contributed by atoms with Crippen molar-refractivity contribution in [3.8, 4) is 0 Å². The Morgan fingerprint density at radius 2 is 1.88 bits per heavy atom. The zero-order valence-corrected chi connectivity index (χ0v) is 10.5. The van der Waals surface area contributed by atoms with E-state index in [9.17, 15) is 0 Å². The van der Waals surface area contributed by atoms with Crippen LogP contribution in [-0.4, -0.2) is 42.0 Å². The first-order valence-electron chi connectivity index (χ1n) is 6.92. The van der Waals surface area contributed by atoms with Gasteiger partial charge in [-0.3, -0.25) is 9.80 Å². The number of piperazine rings is 1. The molecule has 0 bridgehead atoms. The van der Waals surface area contributed by atoms with Crippen LogP contribution in [0.4, 0.5) is 0 Å². The van der Waals surface area contributed by atoms with Crippen molar-refractivity contribution in [2.45, 2.75) is 31.8 Å². The van der Waals surface area contributed by atoms with E-state index in [1.54, 1.807) is 0 Å². The molecule has 2 heterocycles. The van der Waals surface area contributed by atoms with Crippen molar-refractivity contribution >= 4 is 0 Å². The lowest BCUT2D eigenvalue weighted by atomic mass is 9.99. The molecule has 0 saturated carbocycles. The number of benzene rings is 1. The molecular formula is C15H22N2. The van der Waals surface area contributed by atoms with Crippen LogP contribution in [0.3, 0.4) is 0 Å². The Kier molecular flexibility index (Phi) is 3.44. The Hall–Kier alpha value is -0.860. The molecule has 0 amide bonds. The normalized spacial score (nSPS) is 26.7. The lowest BCUT2D eigenvalue weighted by Gasteiger charge is -2.44. The predicted octanol–water partition coefficient (Wildman–Crippen LogP) is 2.36. The van der Waals surface area contributed by atoms with Crippen LogP contribution < -0.4 is 0 Å². The number of piperidine rings is 1. The van der Waals surface area contributed by atoms with E-state index in [0.717, 1.165) is 12.6 Å². The van der Waals surface area contributed by atoms with Crippen molar-refractivity contribution < 1.29 is 0 Å². The number of rotatable bonds is 2. The summed E-state index contributed by atoms with van der Waals surface area (Å²) < 4.78 is 0. The topological polar surface area (TPSA) is 6.48 Å². The molecule has 2 heteroatoms. The quantitative estimate of drug-likeness (QED) is 0.769. The Balaban J connectivity index is 1.59. The molecular weight excluding hydrogens is 208 g/mol. The van der Waals surface area contributed by atoms with E-state index in [-0.39, 0.29) is 0 Å². The van der Waals surface area contributed by atoms with Gasteiger partial charge in [-0.1, -0.05) is 36.8 Å². The fraction of sp³-hybridized carbons (Fsp3) is 0.600. The lowest BCUT2D eigenvalue weighted by Crippen LogP contribution is -2.54.